The van der Waals surface area contributed by atoms with Crippen LogP contribution in [0.1, 0.15) is 51.4 Å². The molecule has 0 aromatic rings. The Morgan fingerprint density at radius 3 is 2.23 bits per heavy atom. The minimum absolute atomic E-state index is 0.0635. The van der Waals surface area contributed by atoms with E-state index in [1.807, 2.05) is 4.90 Å². The minimum Gasteiger partial charge on any atom is -0.349 e. The fourth-order valence-corrected chi connectivity index (χ4v) is 3.83. The Balaban J connectivity index is 1.77. The summed E-state index contributed by atoms with van der Waals surface area (Å²) in [7, 11) is 3.58. The fourth-order valence-electron chi connectivity index (χ4n) is 3.83. The van der Waals surface area contributed by atoms with Gasteiger partial charge in [0.25, 0.3) is 0 Å². The maximum atomic E-state index is 12.5. The van der Waals surface area contributed by atoms with Crippen LogP contribution in [0.2, 0.25) is 0 Å². The van der Waals surface area contributed by atoms with Crippen molar-refractivity contribution in [3.05, 3.63) is 0 Å². The highest BCUT2D eigenvalue weighted by molar-refractivity contribution is 5.82. The summed E-state index contributed by atoms with van der Waals surface area (Å²) in [5.74, 6) is 0.953. The average molecular weight is 309 g/mol. The van der Waals surface area contributed by atoms with E-state index in [-0.39, 0.29) is 23.8 Å². The summed E-state index contributed by atoms with van der Waals surface area (Å²) < 4.78 is 0. The van der Waals surface area contributed by atoms with Crippen molar-refractivity contribution in [3.8, 4) is 0 Å². The van der Waals surface area contributed by atoms with Gasteiger partial charge in [0.2, 0.25) is 11.8 Å². The lowest BCUT2D eigenvalue weighted by Gasteiger charge is -2.34. The number of nitrogens with zero attached hydrogens (tertiary/aromatic N) is 2. The number of carbonyl (C=O) groups is 2. The van der Waals surface area contributed by atoms with Crippen LogP contribution in [-0.4, -0.2) is 54.8 Å². The number of hydrogen-bond donors (Lipinski definition) is 1. The summed E-state index contributed by atoms with van der Waals surface area (Å²) in [5.41, 5.74) is 6.16. The lowest BCUT2D eigenvalue weighted by molar-refractivity contribution is -0.140. The number of piperidine rings is 1. The second kappa shape index (κ2) is 7.95. The summed E-state index contributed by atoms with van der Waals surface area (Å²) >= 11 is 0. The summed E-state index contributed by atoms with van der Waals surface area (Å²) in [5, 5.41) is 0. The summed E-state index contributed by atoms with van der Waals surface area (Å²) in [6.07, 6.45) is 8.69. The largest absolute Gasteiger partial charge is 0.349 e. The van der Waals surface area contributed by atoms with E-state index in [0.29, 0.717) is 19.0 Å². The molecule has 1 unspecified atom stereocenters. The normalized spacial score (nSPS) is 22.4. The topological polar surface area (TPSA) is 66.6 Å². The maximum Gasteiger partial charge on any atom is 0.239 e. The molecule has 0 aromatic carbocycles. The first-order valence-electron chi connectivity index (χ1n) is 8.74. The molecule has 1 aliphatic carbocycles. The minimum atomic E-state index is -0.357. The van der Waals surface area contributed by atoms with Gasteiger partial charge in [-0.1, -0.05) is 32.1 Å². The SMILES string of the molecule is CN(C)C(=O)C1CCN(C(=O)C(N)CC2CCCCC2)CC1. The Kier molecular flexibility index (Phi) is 6.24. The van der Waals surface area contributed by atoms with E-state index in [1.165, 1.54) is 32.1 Å². The summed E-state index contributed by atoms with van der Waals surface area (Å²) in [4.78, 5) is 28.0. The molecule has 1 atom stereocenters. The smallest absolute Gasteiger partial charge is 0.239 e. The van der Waals surface area contributed by atoms with Gasteiger partial charge < -0.3 is 15.5 Å². The van der Waals surface area contributed by atoms with Crippen molar-refractivity contribution >= 4 is 11.8 Å². The van der Waals surface area contributed by atoms with Crippen molar-refractivity contribution in [1.82, 2.24) is 9.80 Å². The van der Waals surface area contributed by atoms with E-state index in [4.69, 9.17) is 5.73 Å². The second-order valence-corrected chi connectivity index (χ2v) is 7.18. The first-order chi connectivity index (χ1) is 10.5. The molecule has 0 spiro atoms. The van der Waals surface area contributed by atoms with Gasteiger partial charge in [-0.25, -0.2) is 0 Å². The zero-order valence-electron chi connectivity index (χ0n) is 14.1. The van der Waals surface area contributed by atoms with E-state index < -0.39 is 0 Å². The fraction of sp³-hybridized carbons (Fsp3) is 0.882. The number of likely N-dealkylation sites (tertiary alicyclic amines) is 1. The van der Waals surface area contributed by atoms with Gasteiger partial charge in [-0.3, -0.25) is 9.59 Å². The van der Waals surface area contributed by atoms with Crippen molar-refractivity contribution in [2.75, 3.05) is 27.2 Å². The Bertz CT molecular complexity index is 383. The molecule has 2 amide bonds. The van der Waals surface area contributed by atoms with Gasteiger partial charge in [0.15, 0.2) is 0 Å². The number of hydrogen-bond acceptors (Lipinski definition) is 3. The van der Waals surface area contributed by atoms with Crippen LogP contribution < -0.4 is 5.73 Å². The van der Waals surface area contributed by atoms with E-state index in [1.54, 1.807) is 19.0 Å². The van der Waals surface area contributed by atoms with Crippen LogP contribution in [-0.2, 0) is 9.59 Å². The highest BCUT2D eigenvalue weighted by Gasteiger charge is 2.31. The van der Waals surface area contributed by atoms with E-state index >= 15 is 0 Å². The molecule has 2 aliphatic rings. The van der Waals surface area contributed by atoms with Gasteiger partial charge >= 0.3 is 0 Å². The van der Waals surface area contributed by atoms with Crippen LogP contribution in [0.4, 0.5) is 0 Å². The third kappa shape index (κ3) is 4.45. The molecule has 0 radical (unpaired) electrons. The van der Waals surface area contributed by atoms with E-state index in [9.17, 15) is 9.59 Å². The van der Waals surface area contributed by atoms with Gasteiger partial charge in [-0.05, 0) is 25.2 Å². The molecule has 5 heteroatoms. The number of nitrogens with two attached hydrogens (primary N) is 1. The Hall–Kier alpha value is -1.10. The Labute approximate surface area is 134 Å². The number of amides is 2. The molecular formula is C17H31N3O2. The predicted octanol–water partition coefficient (Wildman–Crippen LogP) is 1.61. The zero-order chi connectivity index (χ0) is 16.1. The third-order valence-electron chi connectivity index (χ3n) is 5.23. The molecule has 2 fully saturated rings. The van der Waals surface area contributed by atoms with Crippen LogP contribution >= 0.6 is 0 Å². The molecule has 1 aliphatic heterocycles. The van der Waals surface area contributed by atoms with E-state index in [2.05, 4.69) is 0 Å². The summed E-state index contributed by atoms with van der Waals surface area (Å²) in [6.45, 7) is 1.34. The van der Waals surface area contributed by atoms with Gasteiger partial charge in [0, 0.05) is 33.1 Å². The van der Waals surface area contributed by atoms with Crippen molar-refractivity contribution in [1.29, 1.82) is 0 Å². The number of rotatable bonds is 4. The first kappa shape index (κ1) is 17.3. The average Bonchev–Trinajstić information content (AvgIpc) is 2.54. The molecule has 22 heavy (non-hydrogen) atoms. The van der Waals surface area contributed by atoms with Gasteiger partial charge in [-0.2, -0.15) is 0 Å². The van der Waals surface area contributed by atoms with Crippen LogP contribution in [0.25, 0.3) is 0 Å². The molecule has 2 N–H and O–H groups in total. The maximum absolute atomic E-state index is 12.5. The lowest BCUT2D eigenvalue weighted by atomic mass is 9.84. The molecule has 1 saturated carbocycles. The first-order valence-corrected chi connectivity index (χ1v) is 8.74. The van der Waals surface area contributed by atoms with Gasteiger partial charge in [0.05, 0.1) is 6.04 Å². The quantitative estimate of drug-likeness (QED) is 0.858. The standard InChI is InChI=1S/C17H31N3O2/c1-19(2)16(21)14-8-10-20(11-9-14)17(22)15(18)12-13-6-4-3-5-7-13/h13-15H,3-12,18H2,1-2H3. The van der Waals surface area contributed by atoms with Crippen LogP contribution in [0.5, 0.6) is 0 Å². The molecule has 0 aromatic heterocycles. The van der Waals surface area contributed by atoms with Gasteiger partial charge in [0.1, 0.15) is 0 Å². The van der Waals surface area contributed by atoms with Crippen molar-refractivity contribution in [3.63, 3.8) is 0 Å². The van der Waals surface area contributed by atoms with Crippen LogP contribution in [0, 0.1) is 11.8 Å². The second-order valence-electron chi connectivity index (χ2n) is 7.18. The molecule has 2 rings (SSSR count). The summed E-state index contributed by atoms with van der Waals surface area (Å²) in [6, 6.07) is -0.357. The zero-order valence-corrected chi connectivity index (χ0v) is 14.1. The highest BCUT2D eigenvalue weighted by atomic mass is 16.2. The molecular weight excluding hydrogens is 278 g/mol. The molecule has 126 valence electrons. The monoisotopic (exact) mass is 309 g/mol. The lowest BCUT2D eigenvalue weighted by Crippen LogP contribution is -2.49. The van der Waals surface area contributed by atoms with Crippen LogP contribution in [0.3, 0.4) is 0 Å². The number of carbonyl (C=O) groups excluding carboxylic acids is 2. The molecule has 0 bridgehead atoms. The Morgan fingerprint density at radius 1 is 1.09 bits per heavy atom. The Morgan fingerprint density at radius 2 is 1.68 bits per heavy atom. The predicted molar refractivity (Wildman–Crippen MR) is 87.2 cm³/mol. The van der Waals surface area contributed by atoms with Gasteiger partial charge in [-0.15, -0.1) is 0 Å². The highest BCUT2D eigenvalue weighted by Crippen LogP contribution is 2.28. The van der Waals surface area contributed by atoms with Crippen molar-refractivity contribution in [2.24, 2.45) is 17.6 Å². The van der Waals surface area contributed by atoms with Crippen molar-refractivity contribution < 1.29 is 9.59 Å². The van der Waals surface area contributed by atoms with Crippen molar-refractivity contribution in [2.45, 2.75) is 57.4 Å². The third-order valence-corrected chi connectivity index (χ3v) is 5.23. The molecule has 1 heterocycles. The van der Waals surface area contributed by atoms with E-state index in [0.717, 1.165) is 19.3 Å². The van der Waals surface area contributed by atoms with Crippen LogP contribution in [0.15, 0.2) is 0 Å². The molecule has 5 nitrogen and oxygen atoms in total. The molecule has 1 saturated heterocycles.